The molecule has 0 bridgehead atoms. The number of hydrogen-bond donors (Lipinski definition) is 1. The van der Waals surface area contributed by atoms with E-state index >= 15 is 0 Å². The number of benzene rings is 2. The molecule has 4 rings (SSSR count). The molecular formula is C25H21NO7S. The van der Waals surface area contributed by atoms with E-state index in [4.69, 9.17) is 19.0 Å². The average molecular weight is 480 g/mol. The Labute approximate surface area is 199 Å². The number of carbonyl (C=O) groups is 3. The smallest absolute Gasteiger partial charge is 0.371 e. The summed E-state index contributed by atoms with van der Waals surface area (Å²) in [7, 11) is 1.48. The second-order valence-corrected chi connectivity index (χ2v) is 8.52. The van der Waals surface area contributed by atoms with Gasteiger partial charge in [-0.15, -0.1) is 0 Å². The Bertz CT molecular complexity index is 1280. The van der Waals surface area contributed by atoms with Gasteiger partial charge >= 0.3 is 5.97 Å². The van der Waals surface area contributed by atoms with Crippen LogP contribution in [0.15, 0.2) is 63.9 Å². The molecule has 0 spiro atoms. The summed E-state index contributed by atoms with van der Waals surface area (Å²) >= 11 is 0.895. The molecule has 0 saturated carbocycles. The van der Waals surface area contributed by atoms with E-state index in [1.54, 1.807) is 24.3 Å². The van der Waals surface area contributed by atoms with Gasteiger partial charge in [0.15, 0.2) is 11.5 Å². The third-order valence-electron chi connectivity index (χ3n) is 5.06. The molecule has 3 aromatic rings. The molecule has 1 saturated heterocycles. The third-order valence-corrected chi connectivity index (χ3v) is 5.97. The first kappa shape index (κ1) is 23.2. The number of thioether (sulfide) groups is 1. The highest BCUT2D eigenvalue weighted by Gasteiger charge is 2.35. The number of furan rings is 1. The van der Waals surface area contributed by atoms with Crippen LogP contribution in [-0.2, 0) is 17.9 Å². The maximum atomic E-state index is 12.8. The zero-order valence-corrected chi connectivity index (χ0v) is 19.3. The van der Waals surface area contributed by atoms with Gasteiger partial charge < -0.3 is 19.0 Å². The fourth-order valence-electron chi connectivity index (χ4n) is 3.28. The van der Waals surface area contributed by atoms with Gasteiger partial charge in [-0.3, -0.25) is 14.5 Å². The maximum absolute atomic E-state index is 12.8. The predicted octanol–water partition coefficient (Wildman–Crippen LogP) is 5.11. The fraction of sp³-hybridized carbons (Fsp3) is 0.160. The number of amides is 2. The monoisotopic (exact) mass is 479 g/mol. The first-order valence-electron chi connectivity index (χ1n) is 10.3. The summed E-state index contributed by atoms with van der Waals surface area (Å²) in [5.41, 5.74) is 2.65. The highest BCUT2D eigenvalue weighted by Crippen LogP contribution is 2.35. The van der Waals surface area contributed by atoms with Crippen molar-refractivity contribution in [2.24, 2.45) is 0 Å². The summed E-state index contributed by atoms with van der Waals surface area (Å²) in [6.45, 7) is 2.21. The lowest BCUT2D eigenvalue weighted by atomic mass is 10.1. The van der Waals surface area contributed by atoms with E-state index in [-0.39, 0.29) is 30.1 Å². The molecule has 8 nitrogen and oxygen atoms in total. The topological polar surface area (TPSA) is 106 Å². The molecule has 0 unspecified atom stereocenters. The number of carboxylic acids is 1. The van der Waals surface area contributed by atoms with Crippen LogP contribution in [0.2, 0.25) is 0 Å². The normalized spacial score (nSPS) is 14.6. The zero-order chi connectivity index (χ0) is 24.2. The molecule has 174 valence electrons. The van der Waals surface area contributed by atoms with Crippen molar-refractivity contribution in [1.29, 1.82) is 0 Å². The summed E-state index contributed by atoms with van der Waals surface area (Å²) in [4.78, 5) is 37.7. The number of carboxylic acid groups (broad SMARTS) is 1. The molecule has 9 heteroatoms. The second-order valence-electron chi connectivity index (χ2n) is 7.52. The molecule has 1 aliphatic rings. The predicted molar refractivity (Wildman–Crippen MR) is 126 cm³/mol. The van der Waals surface area contributed by atoms with Crippen molar-refractivity contribution in [1.82, 2.24) is 4.90 Å². The zero-order valence-electron chi connectivity index (χ0n) is 18.4. The van der Waals surface area contributed by atoms with E-state index < -0.39 is 5.97 Å². The lowest BCUT2D eigenvalue weighted by Gasteiger charge is -2.12. The van der Waals surface area contributed by atoms with Crippen LogP contribution in [0.4, 0.5) is 4.79 Å². The number of rotatable bonds is 8. The molecule has 0 aliphatic carbocycles. The minimum absolute atomic E-state index is 0.0148. The Morgan fingerprint density at radius 2 is 1.85 bits per heavy atom. The van der Waals surface area contributed by atoms with Gasteiger partial charge in [0.25, 0.3) is 11.1 Å². The van der Waals surface area contributed by atoms with Gasteiger partial charge in [-0.25, -0.2) is 4.79 Å². The third kappa shape index (κ3) is 5.15. The Morgan fingerprint density at radius 3 is 2.53 bits per heavy atom. The van der Waals surface area contributed by atoms with Crippen molar-refractivity contribution >= 4 is 35.0 Å². The van der Waals surface area contributed by atoms with Crippen molar-refractivity contribution in [3.8, 4) is 11.5 Å². The van der Waals surface area contributed by atoms with Crippen LogP contribution in [0.1, 0.15) is 33.0 Å². The first-order valence-corrected chi connectivity index (χ1v) is 11.1. The largest absolute Gasteiger partial charge is 0.493 e. The number of ether oxygens (including phenoxy) is 2. The SMILES string of the molecule is COc1cc(/C=C2\SC(=O)N(Cc3ccc(C)cc3)C2=O)ccc1OCc1ccc(C(=O)O)o1. The number of aryl methyl sites for hydroxylation is 1. The maximum Gasteiger partial charge on any atom is 0.371 e. The van der Waals surface area contributed by atoms with Crippen LogP contribution in [0, 0.1) is 6.92 Å². The van der Waals surface area contributed by atoms with Gasteiger partial charge in [-0.1, -0.05) is 35.9 Å². The van der Waals surface area contributed by atoms with E-state index in [1.165, 1.54) is 24.1 Å². The average Bonchev–Trinajstić information content (AvgIpc) is 3.40. The first-order chi connectivity index (χ1) is 16.3. The second kappa shape index (κ2) is 9.88. The van der Waals surface area contributed by atoms with E-state index in [2.05, 4.69) is 0 Å². The Morgan fingerprint density at radius 1 is 1.09 bits per heavy atom. The van der Waals surface area contributed by atoms with E-state index in [9.17, 15) is 14.4 Å². The molecule has 1 fully saturated rings. The highest BCUT2D eigenvalue weighted by atomic mass is 32.2. The number of hydrogen-bond acceptors (Lipinski definition) is 7. The highest BCUT2D eigenvalue weighted by molar-refractivity contribution is 8.18. The minimum atomic E-state index is -1.16. The van der Waals surface area contributed by atoms with Gasteiger partial charge in [-0.05, 0) is 60.2 Å². The number of methoxy groups -OCH3 is 1. The molecule has 1 aromatic heterocycles. The summed E-state index contributed by atoms with van der Waals surface area (Å²) < 4.78 is 16.3. The number of nitrogens with zero attached hydrogens (tertiary/aromatic N) is 1. The Balaban J connectivity index is 1.46. The van der Waals surface area contributed by atoms with Crippen molar-refractivity contribution in [2.45, 2.75) is 20.1 Å². The molecule has 0 radical (unpaired) electrons. The summed E-state index contributed by atoms with van der Waals surface area (Å²) in [6.07, 6.45) is 1.64. The molecule has 34 heavy (non-hydrogen) atoms. The lowest BCUT2D eigenvalue weighted by molar-refractivity contribution is -0.123. The molecule has 2 aromatic carbocycles. The molecular weight excluding hydrogens is 458 g/mol. The van der Waals surface area contributed by atoms with Crippen LogP contribution in [0.5, 0.6) is 11.5 Å². The lowest BCUT2D eigenvalue weighted by Crippen LogP contribution is -2.27. The van der Waals surface area contributed by atoms with Crippen LogP contribution >= 0.6 is 11.8 Å². The van der Waals surface area contributed by atoms with Crippen LogP contribution in [-0.4, -0.2) is 34.2 Å². The van der Waals surface area contributed by atoms with Gasteiger partial charge in [-0.2, -0.15) is 0 Å². The van der Waals surface area contributed by atoms with Crippen molar-refractivity contribution < 1.29 is 33.4 Å². The number of aromatic carboxylic acids is 1. The van der Waals surface area contributed by atoms with Crippen molar-refractivity contribution in [3.63, 3.8) is 0 Å². The van der Waals surface area contributed by atoms with Gasteiger partial charge in [0.2, 0.25) is 5.76 Å². The Hall–Kier alpha value is -3.98. The van der Waals surface area contributed by atoms with E-state index in [0.717, 1.165) is 22.9 Å². The molecule has 2 amide bonds. The fourth-order valence-corrected chi connectivity index (χ4v) is 4.11. The summed E-state index contributed by atoms with van der Waals surface area (Å²) in [5.74, 6) is -0.487. The summed E-state index contributed by atoms with van der Waals surface area (Å²) in [5, 5.41) is 8.62. The number of imide groups is 1. The standard InChI is InChI=1S/C25H21NO7S/c1-15-3-5-16(6-4-15)13-26-23(27)22(34-25(26)30)12-17-7-9-19(21(11-17)31-2)32-14-18-8-10-20(33-18)24(28)29/h3-12H,13-14H2,1-2H3,(H,28,29)/b22-12-. The van der Waals surface area contributed by atoms with Crippen LogP contribution in [0.25, 0.3) is 6.08 Å². The van der Waals surface area contributed by atoms with Crippen LogP contribution in [0.3, 0.4) is 0 Å². The minimum Gasteiger partial charge on any atom is -0.493 e. The molecule has 0 atom stereocenters. The van der Waals surface area contributed by atoms with Gasteiger partial charge in [0.05, 0.1) is 18.6 Å². The van der Waals surface area contributed by atoms with Crippen molar-refractivity contribution in [3.05, 3.63) is 87.7 Å². The molecule has 1 N–H and O–H groups in total. The van der Waals surface area contributed by atoms with E-state index in [0.29, 0.717) is 27.7 Å². The molecule has 2 heterocycles. The molecule has 1 aliphatic heterocycles. The van der Waals surface area contributed by atoms with Gasteiger partial charge in [0.1, 0.15) is 12.4 Å². The van der Waals surface area contributed by atoms with Crippen LogP contribution < -0.4 is 9.47 Å². The summed E-state index contributed by atoms with van der Waals surface area (Å²) in [6, 6.07) is 15.7. The van der Waals surface area contributed by atoms with Crippen molar-refractivity contribution in [2.75, 3.05) is 7.11 Å². The number of carbonyl (C=O) groups excluding carboxylic acids is 2. The van der Waals surface area contributed by atoms with E-state index in [1.807, 2.05) is 31.2 Å². The Kier molecular flexibility index (Phi) is 6.74. The van der Waals surface area contributed by atoms with Gasteiger partial charge in [0, 0.05) is 0 Å². The quantitative estimate of drug-likeness (QED) is 0.444.